The highest BCUT2D eigenvalue weighted by molar-refractivity contribution is 6.46. The van der Waals surface area contributed by atoms with Gasteiger partial charge in [-0.3, -0.25) is 19.3 Å². The molecule has 1 amide bonds. The van der Waals surface area contributed by atoms with E-state index in [1.807, 2.05) is 0 Å². The lowest BCUT2D eigenvalue weighted by molar-refractivity contribution is -0.138. The summed E-state index contributed by atoms with van der Waals surface area (Å²) in [6.45, 7) is 0.141. The van der Waals surface area contributed by atoms with Crippen LogP contribution in [0.4, 0.5) is 14.6 Å². The summed E-state index contributed by atoms with van der Waals surface area (Å²) in [6.07, 6.45) is 3.13. The van der Waals surface area contributed by atoms with Gasteiger partial charge in [0, 0.05) is 6.54 Å². The molecular weight excluding hydrogens is 322 g/mol. The van der Waals surface area contributed by atoms with Crippen molar-refractivity contribution in [2.45, 2.75) is 25.7 Å². The number of ketones is 1. The molecule has 2 aromatic rings. The molecule has 1 aromatic carbocycles. The zero-order valence-electron chi connectivity index (χ0n) is 12.5. The van der Waals surface area contributed by atoms with Gasteiger partial charge in [-0.05, 0) is 18.9 Å². The molecule has 0 N–H and O–H groups in total. The zero-order valence-corrected chi connectivity index (χ0v) is 12.5. The number of carbonyl (C=O) groups excluding carboxylic acids is 3. The minimum atomic E-state index is -1.35. The molecule has 1 spiro atoms. The van der Waals surface area contributed by atoms with E-state index in [-0.39, 0.29) is 24.0 Å². The van der Waals surface area contributed by atoms with Crippen molar-refractivity contribution in [3.8, 4) is 0 Å². The molecule has 1 aromatic heterocycles. The number of aromatic nitrogens is 1. The maximum Gasteiger partial charge on any atom is 0.296 e. The predicted molar refractivity (Wildman–Crippen MR) is 77.6 cm³/mol. The van der Waals surface area contributed by atoms with Crippen LogP contribution >= 0.6 is 0 Å². The molecule has 0 radical (unpaired) electrons. The van der Waals surface area contributed by atoms with Crippen molar-refractivity contribution in [3.05, 3.63) is 23.3 Å². The number of carbonyl (C=O) groups is 3. The molecule has 0 atom stereocenters. The molecule has 4 rings (SSSR count). The number of aldehydes is 1. The molecule has 0 unspecified atom stereocenters. The SMILES string of the molecule is O=Cc1cc2c(N3CC4(CCCC4)C(=O)C3=O)noc2c(F)c1F. The lowest BCUT2D eigenvalue weighted by atomic mass is 9.84. The molecule has 2 fully saturated rings. The molecule has 24 heavy (non-hydrogen) atoms. The second-order valence-corrected chi connectivity index (χ2v) is 6.30. The van der Waals surface area contributed by atoms with Gasteiger partial charge in [0.1, 0.15) is 0 Å². The monoisotopic (exact) mass is 334 g/mol. The molecule has 2 aliphatic rings. The quantitative estimate of drug-likeness (QED) is 0.622. The van der Waals surface area contributed by atoms with Crippen LogP contribution in [0.1, 0.15) is 36.0 Å². The van der Waals surface area contributed by atoms with E-state index in [4.69, 9.17) is 4.52 Å². The van der Waals surface area contributed by atoms with Crippen LogP contribution in [-0.4, -0.2) is 29.7 Å². The molecule has 8 heteroatoms. The standard InChI is InChI=1S/C16H12F2N2O4/c17-10-8(6-21)5-9-12(11(10)18)24-19-14(9)20-7-16(3-1-2-4-16)13(22)15(20)23/h5-6H,1-4,7H2. The Kier molecular flexibility index (Phi) is 3.06. The third-order valence-corrected chi connectivity index (χ3v) is 4.98. The molecule has 1 aliphatic carbocycles. The topological polar surface area (TPSA) is 80.5 Å². The number of Topliss-reactive ketones (excluding diaryl/α,β-unsaturated/α-hetero) is 1. The summed E-state index contributed by atoms with van der Waals surface area (Å²) in [7, 11) is 0. The van der Waals surface area contributed by atoms with Gasteiger partial charge in [0.15, 0.2) is 17.9 Å². The van der Waals surface area contributed by atoms with E-state index in [2.05, 4.69) is 5.16 Å². The highest BCUT2D eigenvalue weighted by Crippen LogP contribution is 2.45. The summed E-state index contributed by atoms with van der Waals surface area (Å²) in [6, 6.07) is 1.07. The van der Waals surface area contributed by atoms with Gasteiger partial charge in [-0.2, -0.15) is 4.39 Å². The van der Waals surface area contributed by atoms with Crippen LogP contribution in [-0.2, 0) is 9.59 Å². The average molecular weight is 334 g/mol. The third-order valence-electron chi connectivity index (χ3n) is 4.98. The molecule has 1 saturated heterocycles. The Labute approximate surface area is 134 Å². The third kappa shape index (κ3) is 1.79. The molecule has 6 nitrogen and oxygen atoms in total. The van der Waals surface area contributed by atoms with E-state index in [0.717, 1.165) is 23.8 Å². The number of amides is 1. The van der Waals surface area contributed by atoms with Gasteiger partial charge in [0.25, 0.3) is 5.91 Å². The van der Waals surface area contributed by atoms with Gasteiger partial charge in [-0.15, -0.1) is 0 Å². The summed E-state index contributed by atoms with van der Waals surface area (Å²) in [5.74, 6) is -3.95. The summed E-state index contributed by atoms with van der Waals surface area (Å²) in [5, 5.41) is 3.64. The Morgan fingerprint density at radius 3 is 2.58 bits per heavy atom. The lowest BCUT2D eigenvalue weighted by Gasteiger charge is -2.19. The van der Waals surface area contributed by atoms with Gasteiger partial charge in [-0.1, -0.05) is 18.0 Å². The van der Waals surface area contributed by atoms with Crippen molar-refractivity contribution < 1.29 is 27.7 Å². The Hall–Kier alpha value is -2.64. The number of hydrogen-bond acceptors (Lipinski definition) is 5. The summed E-state index contributed by atoms with van der Waals surface area (Å²) in [5.41, 5.74) is -1.72. The lowest BCUT2D eigenvalue weighted by Crippen LogP contribution is -2.27. The first-order valence-electron chi connectivity index (χ1n) is 7.57. The number of fused-ring (bicyclic) bond motifs is 1. The second kappa shape index (κ2) is 4.93. The van der Waals surface area contributed by atoms with Crippen molar-refractivity contribution in [3.63, 3.8) is 0 Å². The number of anilines is 1. The minimum Gasteiger partial charge on any atom is -0.351 e. The van der Waals surface area contributed by atoms with Crippen LogP contribution in [0.3, 0.4) is 0 Å². The molecule has 2 heterocycles. The fourth-order valence-electron chi connectivity index (χ4n) is 3.71. The highest BCUT2D eigenvalue weighted by Gasteiger charge is 2.54. The Morgan fingerprint density at radius 2 is 1.92 bits per heavy atom. The Bertz CT molecular complexity index is 899. The van der Waals surface area contributed by atoms with Crippen LogP contribution in [0.15, 0.2) is 10.6 Å². The Balaban J connectivity index is 1.86. The van der Waals surface area contributed by atoms with E-state index in [1.54, 1.807) is 0 Å². The van der Waals surface area contributed by atoms with Crippen molar-refractivity contribution in [1.29, 1.82) is 0 Å². The first-order valence-corrected chi connectivity index (χ1v) is 7.57. The summed E-state index contributed by atoms with van der Waals surface area (Å²) < 4.78 is 32.5. The van der Waals surface area contributed by atoms with Crippen molar-refractivity contribution in [2.75, 3.05) is 11.4 Å². The van der Waals surface area contributed by atoms with E-state index in [1.165, 1.54) is 0 Å². The van der Waals surface area contributed by atoms with E-state index in [0.29, 0.717) is 12.8 Å². The summed E-state index contributed by atoms with van der Waals surface area (Å²) >= 11 is 0. The van der Waals surface area contributed by atoms with Gasteiger partial charge >= 0.3 is 0 Å². The average Bonchev–Trinajstić information content (AvgIpc) is 3.27. The zero-order chi connectivity index (χ0) is 17.1. The van der Waals surface area contributed by atoms with Gasteiger partial charge in [0.05, 0.1) is 16.4 Å². The van der Waals surface area contributed by atoms with E-state index < -0.39 is 39.9 Å². The van der Waals surface area contributed by atoms with Crippen LogP contribution in [0.5, 0.6) is 0 Å². The fraction of sp³-hybridized carbons (Fsp3) is 0.375. The first-order chi connectivity index (χ1) is 11.5. The maximum atomic E-state index is 14.0. The fourth-order valence-corrected chi connectivity index (χ4v) is 3.71. The molecular formula is C16H12F2N2O4. The normalized spacial score (nSPS) is 19.8. The Morgan fingerprint density at radius 1 is 1.21 bits per heavy atom. The van der Waals surface area contributed by atoms with Crippen LogP contribution in [0.2, 0.25) is 0 Å². The van der Waals surface area contributed by atoms with Crippen LogP contribution in [0, 0.1) is 17.0 Å². The minimum absolute atomic E-state index is 0.00723. The summed E-state index contributed by atoms with van der Waals surface area (Å²) in [4.78, 5) is 36.8. The second-order valence-electron chi connectivity index (χ2n) is 6.30. The number of nitrogens with zero attached hydrogens (tertiary/aromatic N) is 2. The first kappa shape index (κ1) is 14.9. The largest absolute Gasteiger partial charge is 0.351 e. The van der Waals surface area contributed by atoms with Gasteiger partial charge in [-0.25, -0.2) is 4.39 Å². The van der Waals surface area contributed by atoms with Gasteiger partial charge < -0.3 is 4.52 Å². The van der Waals surface area contributed by atoms with Crippen molar-refractivity contribution >= 4 is 34.8 Å². The van der Waals surface area contributed by atoms with Crippen molar-refractivity contribution in [1.82, 2.24) is 5.16 Å². The number of hydrogen-bond donors (Lipinski definition) is 0. The van der Waals surface area contributed by atoms with Crippen LogP contribution < -0.4 is 4.90 Å². The van der Waals surface area contributed by atoms with Gasteiger partial charge in [0.2, 0.25) is 17.2 Å². The highest BCUT2D eigenvalue weighted by atomic mass is 19.2. The number of benzene rings is 1. The molecule has 0 bridgehead atoms. The molecule has 1 saturated carbocycles. The maximum absolute atomic E-state index is 14.0. The predicted octanol–water partition coefficient (Wildman–Crippen LogP) is 2.39. The number of halogens is 2. The number of rotatable bonds is 2. The molecule has 124 valence electrons. The van der Waals surface area contributed by atoms with E-state index in [9.17, 15) is 23.2 Å². The van der Waals surface area contributed by atoms with Crippen molar-refractivity contribution in [2.24, 2.45) is 5.41 Å². The van der Waals surface area contributed by atoms with Crippen LogP contribution in [0.25, 0.3) is 11.0 Å². The molecule has 1 aliphatic heterocycles. The van der Waals surface area contributed by atoms with E-state index >= 15 is 0 Å². The smallest absolute Gasteiger partial charge is 0.296 e.